The number of benzene rings is 2. The Morgan fingerprint density at radius 3 is 0.923 bits per heavy atom. The molecule has 0 fully saturated rings. The van der Waals surface area contributed by atoms with Gasteiger partial charge in [0.05, 0.1) is 11.4 Å². The molecule has 12 heteroatoms. The summed E-state index contributed by atoms with van der Waals surface area (Å²) in [5.74, 6) is -3.11. The van der Waals surface area contributed by atoms with Crippen LogP contribution in [0.15, 0.2) is 48.6 Å². The summed E-state index contributed by atoms with van der Waals surface area (Å²) in [6, 6.07) is 2.66. The van der Waals surface area contributed by atoms with Crippen molar-refractivity contribution in [3.63, 3.8) is 0 Å². The Labute approximate surface area is 218 Å². The predicted octanol–water partition coefficient (Wildman–Crippen LogP) is 5.19. The van der Waals surface area contributed by atoms with Crippen molar-refractivity contribution in [2.24, 2.45) is 0 Å². The van der Waals surface area contributed by atoms with E-state index in [-0.39, 0.29) is 33.6 Å². The highest BCUT2D eigenvalue weighted by atomic mass is 19.4. The minimum absolute atomic E-state index is 0.113. The number of halogens is 6. The number of carbonyl (C=O) groups is 4. The first-order valence-corrected chi connectivity index (χ1v) is 11.4. The van der Waals surface area contributed by atoms with E-state index in [4.69, 9.17) is 0 Å². The highest BCUT2D eigenvalue weighted by molar-refractivity contribution is 6.29. The highest BCUT2D eigenvalue weighted by Crippen LogP contribution is 2.57. The molecule has 4 amide bonds. The summed E-state index contributed by atoms with van der Waals surface area (Å²) >= 11 is 0. The van der Waals surface area contributed by atoms with E-state index in [1.54, 1.807) is 0 Å². The Hall–Kier alpha value is -4.22. The Morgan fingerprint density at radius 2 is 0.718 bits per heavy atom. The summed E-state index contributed by atoms with van der Waals surface area (Å²) in [7, 11) is 0. The SMILES string of the molecule is Cc1cc(C(c2cc(C)c(N3C(=O)C=CC3=O)c(C)c2)(C(F)(F)F)C(F)(F)F)cc(C)c1N1C(=O)C=CC1=O. The Kier molecular flexibility index (Phi) is 6.36. The number of rotatable bonds is 4. The number of hydrogen-bond acceptors (Lipinski definition) is 4. The second-order valence-electron chi connectivity index (χ2n) is 9.35. The first-order chi connectivity index (χ1) is 17.9. The molecule has 6 nitrogen and oxygen atoms in total. The summed E-state index contributed by atoms with van der Waals surface area (Å²) in [5, 5.41) is 0. The Morgan fingerprint density at radius 1 is 0.487 bits per heavy atom. The maximum Gasteiger partial charge on any atom is 0.411 e. The van der Waals surface area contributed by atoms with Crippen LogP contribution < -0.4 is 9.80 Å². The van der Waals surface area contributed by atoms with Crippen molar-refractivity contribution in [3.8, 4) is 0 Å². The van der Waals surface area contributed by atoms with Gasteiger partial charge in [-0.15, -0.1) is 0 Å². The third-order valence-electron chi connectivity index (χ3n) is 6.76. The lowest BCUT2D eigenvalue weighted by Gasteiger charge is -2.39. The first-order valence-electron chi connectivity index (χ1n) is 11.4. The highest BCUT2D eigenvalue weighted by Gasteiger charge is 2.72. The van der Waals surface area contributed by atoms with Gasteiger partial charge >= 0.3 is 12.4 Å². The summed E-state index contributed by atoms with van der Waals surface area (Å²) in [6.07, 6.45) is -8.03. The van der Waals surface area contributed by atoms with Crippen LogP contribution >= 0.6 is 0 Å². The van der Waals surface area contributed by atoms with E-state index >= 15 is 0 Å². The average Bonchev–Trinajstić information content (AvgIpc) is 3.27. The van der Waals surface area contributed by atoms with Crippen LogP contribution in [0.1, 0.15) is 33.4 Å². The van der Waals surface area contributed by atoms with E-state index in [1.807, 2.05) is 0 Å². The minimum Gasteiger partial charge on any atom is -0.269 e. The second kappa shape index (κ2) is 8.92. The molecule has 0 atom stereocenters. The zero-order valence-corrected chi connectivity index (χ0v) is 20.9. The molecule has 0 bridgehead atoms. The first kappa shape index (κ1) is 27.8. The smallest absolute Gasteiger partial charge is 0.269 e. The number of anilines is 2. The molecule has 4 rings (SSSR count). The van der Waals surface area contributed by atoms with Crippen LogP contribution in [0.3, 0.4) is 0 Å². The largest absolute Gasteiger partial charge is 0.411 e. The van der Waals surface area contributed by atoms with Gasteiger partial charge in [0.2, 0.25) is 5.41 Å². The van der Waals surface area contributed by atoms with Gasteiger partial charge in [0.1, 0.15) is 0 Å². The fraction of sp³-hybridized carbons (Fsp3) is 0.259. The van der Waals surface area contributed by atoms with Crippen molar-refractivity contribution >= 4 is 35.0 Å². The molecule has 0 N–H and O–H groups in total. The molecule has 0 aromatic heterocycles. The number of amides is 4. The number of aryl methyl sites for hydroxylation is 4. The molecular formula is C27H20F6N2O4. The molecule has 204 valence electrons. The summed E-state index contributed by atoms with van der Waals surface area (Å²) in [4.78, 5) is 50.1. The maximum absolute atomic E-state index is 14.8. The molecule has 0 spiro atoms. The number of nitrogens with zero attached hydrogens (tertiary/aromatic N) is 2. The van der Waals surface area contributed by atoms with Crippen molar-refractivity contribution in [1.29, 1.82) is 0 Å². The van der Waals surface area contributed by atoms with E-state index in [9.17, 15) is 45.5 Å². The molecule has 2 aliphatic heterocycles. The normalized spacial score (nSPS) is 16.4. The van der Waals surface area contributed by atoms with E-state index in [2.05, 4.69) is 0 Å². The van der Waals surface area contributed by atoms with Gasteiger partial charge in [0.15, 0.2) is 0 Å². The molecule has 0 radical (unpaired) electrons. The molecule has 0 saturated carbocycles. The van der Waals surface area contributed by atoms with Crippen molar-refractivity contribution in [2.75, 3.05) is 9.80 Å². The maximum atomic E-state index is 14.8. The minimum atomic E-state index is -5.91. The second-order valence-corrected chi connectivity index (χ2v) is 9.35. The summed E-state index contributed by atoms with van der Waals surface area (Å²) in [6.45, 7) is 4.83. The average molecular weight is 550 g/mol. The van der Waals surface area contributed by atoms with Crippen LogP contribution in [0.5, 0.6) is 0 Å². The molecular weight excluding hydrogens is 530 g/mol. The summed E-state index contributed by atoms with van der Waals surface area (Å²) < 4.78 is 89.1. The van der Waals surface area contributed by atoms with Crippen LogP contribution in [-0.4, -0.2) is 36.0 Å². The van der Waals surface area contributed by atoms with Crippen LogP contribution in [-0.2, 0) is 24.6 Å². The molecule has 2 aromatic carbocycles. The summed E-state index contributed by atoms with van der Waals surface area (Å²) in [5.41, 5.74) is -7.72. The van der Waals surface area contributed by atoms with Crippen molar-refractivity contribution < 1.29 is 45.5 Å². The van der Waals surface area contributed by atoms with Crippen molar-refractivity contribution in [1.82, 2.24) is 0 Å². The Bertz CT molecular complexity index is 1320. The fourth-order valence-corrected chi connectivity index (χ4v) is 5.27. The molecule has 2 aliphatic rings. The topological polar surface area (TPSA) is 74.8 Å². The number of hydrogen-bond donors (Lipinski definition) is 0. The molecule has 0 aliphatic carbocycles. The van der Waals surface area contributed by atoms with E-state index in [0.717, 1.165) is 24.3 Å². The molecule has 0 saturated heterocycles. The number of alkyl halides is 6. The van der Waals surface area contributed by atoms with Crippen LogP contribution in [0, 0.1) is 27.7 Å². The third-order valence-corrected chi connectivity index (χ3v) is 6.76. The fourth-order valence-electron chi connectivity index (χ4n) is 5.27. The predicted molar refractivity (Wildman–Crippen MR) is 128 cm³/mol. The van der Waals surface area contributed by atoms with Gasteiger partial charge in [-0.05, 0) is 61.1 Å². The molecule has 2 aromatic rings. The van der Waals surface area contributed by atoms with E-state index in [0.29, 0.717) is 34.1 Å². The van der Waals surface area contributed by atoms with Crippen LogP contribution in [0.4, 0.5) is 37.7 Å². The zero-order valence-electron chi connectivity index (χ0n) is 20.9. The van der Waals surface area contributed by atoms with Crippen LogP contribution in [0.25, 0.3) is 0 Å². The van der Waals surface area contributed by atoms with Crippen LogP contribution in [0.2, 0.25) is 0 Å². The number of carbonyl (C=O) groups excluding carboxylic acids is 4. The van der Waals surface area contributed by atoms with Gasteiger partial charge in [-0.2, -0.15) is 26.3 Å². The van der Waals surface area contributed by atoms with Gasteiger partial charge in [-0.3, -0.25) is 19.2 Å². The monoisotopic (exact) mass is 550 g/mol. The van der Waals surface area contributed by atoms with Gasteiger partial charge in [0, 0.05) is 24.3 Å². The van der Waals surface area contributed by atoms with E-state index < -0.39 is 52.5 Å². The van der Waals surface area contributed by atoms with Crippen molar-refractivity contribution in [3.05, 3.63) is 82.0 Å². The molecule has 2 heterocycles. The van der Waals surface area contributed by atoms with Crippen molar-refractivity contribution in [2.45, 2.75) is 45.5 Å². The quantitative estimate of drug-likeness (QED) is 0.388. The van der Waals surface area contributed by atoms with E-state index in [1.165, 1.54) is 27.7 Å². The van der Waals surface area contributed by atoms with Gasteiger partial charge in [-0.1, -0.05) is 24.3 Å². The Balaban J connectivity index is 2.01. The lowest BCUT2D eigenvalue weighted by molar-refractivity contribution is -0.288. The van der Waals surface area contributed by atoms with Gasteiger partial charge in [-0.25, -0.2) is 9.80 Å². The van der Waals surface area contributed by atoms with Gasteiger partial charge < -0.3 is 0 Å². The zero-order chi connectivity index (χ0) is 29.2. The molecule has 0 unspecified atom stereocenters. The standard InChI is InChI=1S/C27H20F6N2O4/c1-13-9-17(10-14(2)23(13)34-19(36)5-6-20(34)37)25(26(28,29)30,27(31,32)33)18-11-15(3)24(16(4)12-18)35-21(38)7-8-22(35)39/h5-12H,1-4H3. The lowest BCUT2D eigenvalue weighted by atomic mass is 9.71. The lowest BCUT2D eigenvalue weighted by Crippen LogP contribution is -2.55. The number of imide groups is 2. The molecule has 39 heavy (non-hydrogen) atoms. The van der Waals surface area contributed by atoms with Gasteiger partial charge in [0.25, 0.3) is 23.6 Å². The third kappa shape index (κ3) is 4.05.